The minimum Gasteiger partial charge on any atom is -0.491 e. The Hall–Kier alpha value is -1.51. The molecule has 1 aromatic rings. The molecule has 1 heterocycles. The van der Waals surface area contributed by atoms with Crippen LogP contribution in [-0.4, -0.2) is 49.0 Å². The van der Waals surface area contributed by atoms with Gasteiger partial charge >= 0.3 is 0 Å². The Balaban J connectivity index is 0.00000320. The van der Waals surface area contributed by atoms with Crippen molar-refractivity contribution in [2.75, 3.05) is 20.1 Å². The molecule has 2 aliphatic rings. The molecule has 1 amide bonds. The first-order valence-electron chi connectivity index (χ1n) is 11.1. The van der Waals surface area contributed by atoms with E-state index in [-0.39, 0.29) is 42.0 Å². The van der Waals surface area contributed by atoms with E-state index in [1.165, 1.54) is 19.3 Å². The third-order valence-corrected chi connectivity index (χ3v) is 5.75. The van der Waals surface area contributed by atoms with Gasteiger partial charge in [0.15, 0.2) is 5.96 Å². The van der Waals surface area contributed by atoms with Gasteiger partial charge in [-0.05, 0) is 50.8 Å². The zero-order chi connectivity index (χ0) is 20.6. The smallest absolute Gasteiger partial charge is 0.225 e. The van der Waals surface area contributed by atoms with Crippen LogP contribution in [0.4, 0.5) is 0 Å². The third-order valence-electron chi connectivity index (χ3n) is 5.75. The fourth-order valence-electron chi connectivity index (χ4n) is 4.26. The molecule has 7 heteroatoms. The summed E-state index contributed by atoms with van der Waals surface area (Å²) in [6.07, 6.45) is 6.94. The Kier molecular flexibility index (Phi) is 10.2. The van der Waals surface area contributed by atoms with E-state index in [9.17, 15) is 4.79 Å². The second kappa shape index (κ2) is 12.4. The van der Waals surface area contributed by atoms with E-state index in [0.717, 1.165) is 49.6 Å². The van der Waals surface area contributed by atoms with Crippen molar-refractivity contribution in [1.82, 2.24) is 15.5 Å². The van der Waals surface area contributed by atoms with Crippen LogP contribution >= 0.6 is 24.0 Å². The van der Waals surface area contributed by atoms with Crippen LogP contribution in [0.2, 0.25) is 0 Å². The standard InChI is InChI=1S/C23H36N4O2.HI/c1-17(2)29-21-11-7-8-18(14-21)15-25-23(24-3)26-20-12-13-27(16-20)22(28)19-9-5-4-6-10-19;/h7-8,11,14,17,19-20H,4-6,9-10,12-13,15-16H2,1-3H3,(H2,24,25,26);1H. The number of ether oxygens (including phenoxy) is 1. The van der Waals surface area contributed by atoms with E-state index >= 15 is 0 Å². The van der Waals surface area contributed by atoms with Gasteiger partial charge in [0.25, 0.3) is 0 Å². The number of nitrogens with one attached hydrogen (secondary N) is 2. The Bertz CT molecular complexity index is 704. The van der Waals surface area contributed by atoms with Gasteiger partial charge in [-0.25, -0.2) is 0 Å². The Morgan fingerprint density at radius 2 is 2.00 bits per heavy atom. The Morgan fingerprint density at radius 1 is 1.23 bits per heavy atom. The number of hydrogen-bond donors (Lipinski definition) is 2. The summed E-state index contributed by atoms with van der Waals surface area (Å²) in [6, 6.07) is 8.38. The normalized spacial score (nSPS) is 20.1. The lowest BCUT2D eigenvalue weighted by molar-refractivity contribution is -0.135. The van der Waals surface area contributed by atoms with Crippen LogP contribution in [0.25, 0.3) is 0 Å². The van der Waals surface area contributed by atoms with Gasteiger partial charge in [0.05, 0.1) is 6.10 Å². The lowest BCUT2D eigenvalue weighted by Gasteiger charge is -2.26. The number of carbonyl (C=O) groups is 1. The number of rotatable bonds is 6. The third kappa shape index (κ3) is 7.32. The number of nitrogens with zero attached hydrogens (tertiary/aromatic N) is 2. The molecule has 0 radical (unpaired) electrons. The van der Waals surface area contributed by atoms with Crippen LogP contribution in [0.3, 0.4) is 0 Å². The maximum absolute atomic E-state index is 12.8. The molecule has 1 aromatic carbocycles. The summed E-state index contributed by atoms with van der Waals surface area (Å²) in [5.74, 6) is 2.27. The quantitative estimate of drug-likeness (QED) is 0.334. The summed E-state index contributed by atoms with van der Waals surface area (Å²) in [5.41, 5.74) is 1.15. The van der Waals surface area contributed by atoms with Gasteiger partial charge in [-0.15, -0.1) is 24.0 Å². The van der Waals surface area contributed by atoms with Crippen molar-refractivity contribution in [3.63, 3.8) is 0 Å². The molecular formula is C23H37IN4O2. The molecular weight excluding hydrogens is 491 g/mol. The molecule has 1 atom stereocenters. The number of guanidine groups is 1. The lowest BCUT2D eigenvalue weighted by Crippen LogP contribution is -2.45. The van der Waals surface area contributed by atoms with Gasteiger partial charge in [-0.1, -0.05) is 31.4 Å². The zero-order valence-corrected chi connectivity index (χ0v) is 20.9. The second-order valence-electron chi connectivity index (χ2n) is 8.49. The van der Waals surface area contributed by atoms with Crippen molar-refractivity contribution in [2.45, 2.75) is 71.1 Å². The molecule has 6 nitrogen and oxygen atoms in total. The van der Waals surface area contributed by atoms with Crippen LogP contribution in [-0.2, 0) is 11.3 Å². The van der Waals surface area contributed by atoms with Gasteiger partial charge in [0.1, 0.15) is 5.75 Å². The molecule has 30 heavy (non-hydrogen) atoms. The van der Waals surface area contributed by atoms with Crippen molar-refractivity contribution in [2.24, 2.45) is 10.9 Å². The number of likely N-dealkylation sites (tertiary alicyclic amines) is 1. The minimum absolute atomic E-state index is 0. The van der Waals surface area contributed by atoms with Crippen LogP contribution < -0.4 is 15.4 Å². The first-order valence-corrected chi connectivity index (χ1v) is 11.1. The van der Waals surface area contributed by atoms with Crippen molar-refractivity contribution in [3.05, 3.63) is 29.8 Å². The molecule has 1 aliphatic heterocycles. The molecule has 1 saturated heterocycles. The molecule has 0 bridgehead atoms. The predicted molar refractivity (Wildman–Crippen MR) is 133 cm³/mol. The molecule has 0 spiro atoms. The van der Waals surface area contributed by atoms with Crippen LogP contribution in [0.5, 0.6) is 5.75 Å². The number of amides is 1. The average molecular weight is 528 g/mol. The summed E-state index contributed by atoms with van der Waals surface area (Å²) in [5, 5.41) is 6.86. The molecule has 0 aromatic heterocycles. The molecule has 2 fully saturated rings. The zero-order valence-electron chi connectivity index (χ0n) is 18.5. The molecule has 1 saturated carbocycles. The minimum atomic E-state index is 0. The largest absolute Gasteiger partial charge is 0.491 e. The van der Waals surface area contributed by atoms with Crippen LogP contribution in [0.1, 0.15) is 57.9 Å². The summed E-state index contributed by atoms with van der Waals surface area (Å²) >= 11 is 0. The van der Waals surface area contributed by atoms with Crippen LogP contribution in [0, 0.1) is 5.92 Å². The first kappa shape index (κ1) is 24.8. The van der Waals surface area contributed by atoms with Crippen molar-refractivity contribution < 1.29 is 9.53 Å². The number of halogens is 1. The molecule has 1 unspecified atom stereocenters. The number of benzene rings is 1. The topological polar surface area (TPSA) is 66.0 Å². The van der Waals surface area contributed by atoms with E-state index in [0.29, 0.717) is 12.5 Å². The molecule has 3 rings (SSSR count). The molecule has 1 aliphatic carbocycles. The second-order valence-corrected chi connectivity index (χ2v) is 8.49. The van der Waals surface area contributed by atoms with Gasteiger partial charge < -0.3 is 20.3 Å². The van der Waals surface area contributed by atoms with Gasteiger partial charge in [-0.2, -0.15) is 0 Å². The Morgan fingerprint density at radius 3 is 2.70 bits per heavy atom. The first-order chi connectivity index (χ1) is 14.0. The maximum Gasteiger partial charge on any atom is 0.225 e. The van der Waals surface area contributed by atoms with E-state index in [2.05, 4.69) is 27.8 Å². The average Bonchev–Trinajstić information content (AvgIpc) is 3.19. The van der Waals surface area contributed by atoms with E-state index in [4.69, 9.17) is 4.74 Å². The molecule has 2 N–H and O–H groups in total. The van der Waals surface area contributed by atoms with Crippen molar-refractivity contribution >= 4 is 35.8 Å². The van der Waals surface area contributed by atoms with Gasteiger partial charge in [-0.3, -0.25) is 9.79 Å². The van der Waals surface area contributed by atoms with E-state index in [1.54, 1.807) is 7.05 Å². The van der Waals surface area contributed by atoms with Gasteiger partial charge in [0, 0.05) is 38.6 Å². The van der Waals surface area contributed by atoms with E-state index < -0.39 is 0 Å². The highest BCUT2D eigenvalue weighted by atomic mass is 127. The predicted octanol–water partition coefficient (Wildman–Crippen LogP) is 3.94. The number of hydrogen-bond acceptors (Lipinski definition) is 3. The van der Waals surface area contributed by atoms with Crippen molar-refractivity contribution in [3.8, 4) is 5.75 Å². The fraction of sp³-hybridized carbons (Fsp3) is 0.652. The SMILES string of the molecule is CN=C(NCc1cccc(OC(C)C)c1)NC1CCN(C(=O)C2CCCCC2)C1.I. The number of carbonyl (C=O) groups excluding carboxylic acids is 1. The highest BCUT2D eigenvalue weighted by Crippen LogP contribution is 2.26. The summed E-state index contributed by atoms with van der Waals surface area (Å²) in [7, 11) is 1.79. The lowest BCUT2D eigenvalue weighted by atomic mass is 9.88. The maximum atomic E-state index is 12.8. The highest BCUT2D eigenvalue weighted by molar-refractivity contribution is 14.0. The number of aliphatic imine (C=N–C) groups is 1. The summed E-state index contributed by atoms with van der Waals surface area (Å²) in [6.45, 7) is 6.35. The monoisotopic (exact) mass is 528 g/mol. The van der Waals surface area contributed by atoms with Crippen molar-refractivity contribution in [1.29, 1.82) is 0 Å². The molecule has 168 valence electrons. The van der Waals surface area contributed by atoms with E-state index in [1.807, 2.05) is 30.9 Å². The summed E-state index contributed by atoms with van der Waals surface area (Å²) in [4.78, 5) is 19.2. The highest BCUT2D eigenvalue weighted by Gasteiger charge is 2.31. The summed E-state index contributed by atoms with van der Waals surface area (Å²) < 4.78 is 5.77. The van der Waals surface area contributed by atoms with Crippen LogP contribution in [0.15, 0.2) is 29.3 Å². The fourth-order valence-corrected chi connectivity index (χ4v) is 4.26. The van der Waals surface area contributed by atoms with Gasteiger partial charge in [0.2, 0.25) is 5.91 Å². The Labute approximate surface area is 198 Å².